The number of methoxy groups -OCH3 is 3. The standard InChI is InChI=1S/C31H35Cl2N3O5/c1-18-8-6-9-19(2)36(18)30(37)24-16-27(40-4)28(41-5)17-25(24)34-31(38)35-29(20-10-7-11-21(32)14-20)23-13-12-22(33)15-26(23)39-3/h7,10-19,29H,6,8-9H2,1-5H3,(H2,34,35,38). The van der Waals surface area contributed by atoms with Crippen LogP contribution in [-0.4, -0.2) is 50.3 Å². The number of anilines is 1. The molecule has 3 aromatic carbocycles. The molecule has 1 aliphatic heterocycles. The molecule has 1 fully saturated rings. The van der Waals surface area contributed by atoms with Crippen molar-refractivity contribution < 1.29 is 23.8 Å². The summed E-state index contributed by atoms with van der Waals surface area (Å²) < 4.78 is 16.6. The number of nitrogens with zero attached hydrogens (tertiary/aromatic N) is 1. The van der Waals surface area contributed by atoms with Crippen molar-refractivity contribution in [1.82, 2.24) is 10.2 Å². The number of likely N-dealkylation sites (tertiary alicyclic amines) is 1. The minimum Gasteiger partial charge on any atom is -0.496 e. The Hall–Kier alpha value is -3.62. The number of rotatable bonds is 8. The molecule has 218 valence electrons. The summed E-state index contributed by atoms with van der Waals surface area (Å²) in [4.78, 5) is 29.4. The Balaban J connectivity index is 1.72. The molecular weight excluding hydrogens is 565 g/mol. The smallest absolute Gasteiger partial charge is 0.320 e. The molecule has 0 spiro atoms. The molecule has 4 rings (SSSR count). The predicted molar refractivity (Wildman–Crippen MR) is 162 cm³/mol. The van der Waals surface area contributed by atoms with Crippen molar-refractivity contribution >= 4 is 40.8 Å². The topological polar surface area (TPSA) is 89.1 Å². The number of nitrogens with one attached hydrogen (secondary N) is 2. The van der Waals surface area contributed by atoms with Crippen LogP contribution in [0.3, 0.4) is 0 Å². The van der Waals surface area contributed by atoms with Gasteiger partial charge in [-0.3, -0.25) is 4.79 Å². The molecule has 3 unspecified atom stereocenters. The number of hydrogen-bond acceptors (Lipinski definition) is 5. The highest BCUT2D eigenvalue weighted by Crippen LogP contribution is 2.37. The lowest BCUT2D eigenvalue weighted by molar-refractivity contribution is 0.0511. The fourth-order valence-electron chi connectivity index (χ4n) is 5.36. The Kier molecular flexibility index (Phi) is 9.89. The van der Waals surface area contributed by atoms with Crippen molar-refractivity contribution in [2.75, 3.05) is 26.6 Å². The molecule has 0 aliphatic carbocycles. The fourth-order valence-corrected chi connectivity index (χ4v) is 5.72. The minimum absolute atomic E-state index is 0.0607. The summed E-state index contributed by atoms with van der Waals surface area (Å²) in [5.74, 6) is 1.08. The first kappa shape index (κ1) is 30.3. The Morgan fingerprint density at radius 1 is 0.854 bits per heavy atom. The summed E-state index contributed by atoms with van der Waals surface area (Å²) in [6, 6.07) is 14.5. The zero-order valence-electron chi connectivity index (χ0n) is 23.8. The molecule has 8 nitrogen and oxygen atoms in total. The van der Waals surface area contributed by atoms with E-state index in [0.717, 1.165) is 24.8 Å². The molecule has 1 saturated heterocycles. The third-order valence-corrected chi connectivity index (χ3v) is 7.86. The summed E-state index contributed by atoms with van der Waals surface area (Å²) in [5, 5.41) is 6.92. The Labute approximate surface area is 250 Å². The van der Waals surface area contributed by atoms with E-state index in [1.807, 2.05) is 24.8 Å². The zero-order valence-corrected chi connectivity index (χ0v) is 25.3. The van der Waals surface area contributed by atoms with Gasteiger partial charge in [0.1, 0.15) is 5.75 Å². The Bertz CT molecular complexity index is 1410. The van der Waals surface area contributed by atoms with Crippen LogP contribution < -0.4 is 24.8 Å². The number of amides is 3. The van der Waals surface area contributed by atoms with Crippen LogP contribution in [0.4, 0.5) is 10.5 Å². The van der Waals surface area contributed by atoms with Crippen molar-refractivity contribution in [2.24, 2.45) is 0 Å². The van der Waals surface area contributed by atoms with E-state index in [4.69, 9.17) is 37.4 Å². The number of urea groups is 1. The van der Waals surface area contributed by atoms with E-state index in [1.54, 1.807) is 48.5 Å². The van der Waals surface area contributed by atoms with Crippen LogP contribution in [0.1, 0.15) is 60.6 Å². The fraction of sp³-hybridized carbons (Fsp3) is 0.355. The summed E-state index contributed by atoms with van der Waals surface area (Å²) in [7, 11) is 4.54. The molecule has 41 heavy (non-hydrogen) atoms. The predicted octanol–water partition coefficient (Wildman–Crippen LogP) is 7.33. The van der Waals surface area contributed by atoms with Gasteiger partial charge >= 0.3 is 6.03 Å². The first-order valence-corrected chi connectivity index (χ1v) is 14.2. The van der Waals surface area contributed by atoms with Crippen LogP contribution in [0.5, 0.6) is 17.2 Å². The summed E-state index contributed by atoms with van der Waals surface area (Å²) >= 11 is 12.5. The van der Waals surface area contributed by atoms with Crippen molar-refractivity contribution in [1.29, 1.82) is 0 Å². The van der Waals surface area contributed by atoms with E-state index in [9.17, 15) is 9.59 Å². The largest absolute Gasteiger partial charge is 0.496 e. The third-order valence-electron chi connectivity index (χ3n) is 7.39. The number of carbonyl (C=O) groups is 2. The number of benzene rings is 3. The van der Waals surface area contributed by atoms with E-state index in [2.05, 4.69) is 10.6 Å². The number of carbonyl (C=O) groups excluding carboxylic acids is 2. The molecule has 1 heterocycles. The van der Waals surface area contributed by atoms with E-state index in [0.29, 0.717) is 44.1 Å². The van der Waals surface area contributed by atoms with Crippen molar-refractivity contribution in [2.45, 2.75) is 51.2 Å². The van der Waals surface area contributed by atoms with Gasteiger partial charge in [-0.1, -0.05) is 41.4 Å². The highest BCUT2D eigenvalue weighted by molar-refractivity contribution is 6.31. The average molecular weight is 601 g/mol. The van der Waals surface area contributed by atoms with Gasteiger partial charge in [0.05, 0.1) is 38.6 Å². The minimum atomic E-state index is -0.651. The molecule has 3 aromatic rings. The van der Waals surface area contributed by atoms with Crippen molar-refractivity contribution in [3.8, 4) is 17.2 Å². The first-order chi connectivity index (χ1) is 19.7. The number of ether oxygens (including phenoxy) is 3. The van der Waals surface area contributed by atoms with Crippen LogP contribution in [0.15, 0.2) is 54.6 Å². The van der Waals surface area contributed by atoms with Gasteiger partial charge in [-0.15, -0.1) is 0 Å². The number of piperidine rings is 1. The van der Waals surface area contributed by atoms with Gasteiger partial charge in [-0.2, -0.15) is 0 Å². The van der Waals surface area contributed by atoms with E-state index >= 15 is 0 Å². The summed E-state index contributed by atoms with van der Waals surface area (Å²) in [5.41, 5.74) is 2.01. The highest BCUT2D eigenvalue weighted by Gasteiger charge is 2.32. The highest BCUT2D eigenvalue weighted by atomic mass is 35.5. The van der Waals surface area contributed by atoms with E-state index in [-0.39, 0.29) is 18.0 Å². The molecule has 0 saturated carbocycles. The zero-order chi connectivity index (χ0) is 29.7. The second kappa shape index (κ2) is 13.4. The van der Waals surface area contributed by atoms with Gasteiger partial charge in [0, 0.05) is 33.8 Å². The molecular formula is C31H35Cl2N3O5. The molecule has 2 N–H and O–H groups in total. The number of halogens is 2. The van der Waals surface area contributed by atoms with Gasteiger partial charge in [-0.25, -0.2) is 4.79 Å². The lowest BCUT2D eigenvalue weighted by Crippen LogP contribution is -2.47. The van der Waals surface area contributed by atoms with E-state index < -0.39 is 12.1 Å². The van der Waals surface area contributed by atoms with Crippen molar-refractivity contribution in [3.63, 3.8) is 0 Å². The maximum atomic E-state index is 13.9. The van der Waals surface area contributed by atoms with Crippen LogP contribution in [0.2, 0.25) is 10.0 Å². The van der Waals surface area contributed by atoms with Gasteiger partial charge in [0.15, 0.2) is 11.5 Å². The van der Waals surface area contributed by atoms with Crippen LogP contribution >= 0.6 is 23.2 Å². The first-order valence-electron chi connectivity index (χ1n) is 13.4. The molecule has 3 atom stereocenters. The average Bonchev–Trinajstić information content (AvgIpc) is 2.95. The number of hydrogen-bond donors (Lipinski definition) is 2. The van der Waals surface area contributed by atoms with Gasteiger partial charge in [0.2, 0.25) is 0 Å². The Morgan fingerprint density at radius 3 is 2.12 bits per heavy atom. The molecule has 0 aromatic heterocycles. The normalized spacial score (nSPS) is 17.4. The van der Waals surface area contributed by atoms with Gasteiger partial charge in [0.25, 0.3) is 5.91 Å². The summed E-state index contributed by atoms with van der Waals surface area (Å²) in [6.45, 7) is 4.09. The van der Waals surface area contributed by atoms with Crippen LogP contribution in [-0.2, 0) is 0 Å². The Morgan fingerprint density at radius 2 is 1.49 bits per heavy atom. The van der Waals surface area contributed by atoms with Crippen molar-refractivity contribution in [3.05, 3.63) is 81.3 Å². The monoisotopic (exact) mass is 599 g/mol. The molecule has 1 aliphatic rings. The molecule has 0 radical (unpaired) electrons. The lowest BCUT2D eigenvalue weighted by atomic mass is 9.96. The maximum Gasteiger partial charge on any atom is 0.320 e. The molecule has 10 heteroatoms. The maximum absolute atomic E-state index is 13.9. The van der Waals surface area contributed by atoms with E-state index in [1.165, 1.54) is 21.3 Å². The second-order valence-electron chi connectivity index (χ2n) is 10.1. The SMILES string of the molecule is COc1cc(NC(=O)NC(c2cccc(Cl)c2)c2ccc(Cl)cc2OC)c(C(=O)N2C(C)CCCC2C)cc1OC. The molecule has 0 bridgehead atoms. The molecule has 3 amide bonds. The van der Waals surface area contributed by atoms with Crippen LogP contribution in [0, 0.1) is 0 Å². The van der Waals surface area contributed by atoms with Crippen LogP contribution in [0.25, 0.3) is 0 Å². The van der Waals surface area contributed by atoms with Gasteiger partial charge < -0.3 is 29.7 Å². The summed E-state index contributed by atoms with van der Waals surface area (Å²) in [6.07, 6.45) is 2.89. The lowest BCUT2D eigenvalue weighted by Gasteiger charge is -2.39. The quantitative estimate of drug-likeness (QED) is 0.283. The second-order valence-corrected chi connectivity index (χ2v) is 10.9. The van der Waals surface area contributed by atoms with Gasteiger partial charge in [-0.05, 0) is 69.0 Å². The third kappa shape index (κ3) is 6.82.